The number of sulfonamides is 1. The standard InChI is InChI=1S/C13H15NO4S/c15-13(16)12-6-8-14(10-12)19(17,18)9-7-11-4-2-1-3-5-11/h1-5,7,9,12H,6,8,10H2,(H,15,16)/b9-7-/t12-/m1/s1. The summed E-state index contributed by atoms with van der Waals surface area (Å²) in [5, 5.41) is 10.00. The molecule has 0 amide bonds. The Hall–Kier alpha value is -1.66. The lowest BCUT2D eigenvalue weighted by Gasteiger charge is -2.12. The van der Waals surface area contributed by atoms with Crippen molar-refractivity contribution in [3.8, 4) is 0 Å². The molecule has 6 heteroatoms. The third-order valence-electron chi connectivity index (χ3n) is 3.09. The van der Waals surface area contributed by atoms with E-state index < -0.39 is 21.9 Å². The monoisotopic (exact) mass is 281 g/mol. The number of hydrogen-bond donors (Lipinski definition) is 1. The van der Waals surface area contributed by atoms with E-state index in [4.69, 9.17) is 5.11 Å². The van der Waals surface area contributed by atoms with Gasteiger partial charge in [0, 0.05) is 18.5 Å². The van der Waals surface area contributed by atoms with Gasteiger partial charge in [-0.2, -0.15) is 4.31 Å². The Morgan fingerprint density at radius 3 is 2.58 bits per heavy atom. The maximum absolute atomic E-state index is 12.0. The van der Waals surface area contributed by atoms with Crippen LogP contribution >= 0.6 is 0 Å². The fourth-order valence-electron chi connectivity index (χ4n) is 1.98. The molecule has 1 saturated heterocycles. The Kier molecular flexibility index (Phi) is 4.01. The maximum atomic E-state index is 12.0. The molecule has 1 fully saturated rings. The molecule has 5 nitrogen and oxygen atoms in total. The van der Waals surface area contributed by atoms with Gasteiger partial charge in [0.15, 0.2) is 0 Å². The summed E-state index contributed by atoms with van der Waals surface area (Å²) >= 11 is 0. The van der Waals surface area contributed by atoms with Crippen LogP contribution in [0.15, 0.2) is 35.7 Å². The minimum absolute atomic E-state index is 0.0524. The van der Waals surface area contributed by atoms with Crippen molar-refractivity contribution in [2.75, 3.05) is 13.1 Å². The first-order chi connectivity index (χ1) is 8.99. The van der Waals surface area contributed by atoms with E-state index in [2.05, 4.69) is 0 Å². The molecule has 1 N–H and O–H groups in total. The first kappa shape index (κ1) is 13.8. The second kappa shape index (κ2) is 5.54. The Morgan fingerprint density at radius 2 is 2.00 bits per heavy atom. The van der Waals surface area contributed by atoms with Gasteiger partial charge in [0.05, 0.1) is 5.92 Å². The molecule has 0 spiro atoms. The van der Waals surface area contributed by atoms with E-state index in [1.807, 2.05) is 18.2 Å². The van der Waals surface area contributed by atoms with Gasteiger partial charge >= 0.3 is 5.97 Å². The molecule has 1 heterocycles. The Bertz CT molecular complexity index is 580. The van der Waals surface area contributed by atoms with Crippen LogP contribution in [0.2, 0.25) is 0 Å². The third kappa shape index (κ3) is 3.42. The smallest absolute Gasteiger partial charge is 0.307 e. The van der Waals surface area contributed by atoms with Gasteiger partial charge in [-0.3, -0.25) is 4.79 Å². The van der Waals surface area contributed by atoms with Crippen LogP contribution in [0.25, 0.3) is 6.08 Å². The van der Waals surface area contributed by atoms with Crippen molar-refractivity contribution < 1.29 is 18.3 Å². The number of carboxylic acids is 1. The highest BCUT2D eigenvalue weighted by Crippen LogP contribution is 2.20. The average molecular weight is 281 g/mol. The van der Waals surface area contributed by atoms with Crippen LogP contribution in [-0.4, -0.2) is 36.9 Å². The first-order valence-electron chi connectivity index (χ1n) is 5.95. The second-order valence-corrected chi connectivity index (χ2v) is 6.26. The van der Waals surface area contributed by atoms with Crippen LogP contribution in [0.4, 0.5) is 0 Å². The van der Waals surface area contributed by atoms with Gasteiger partial charge in [0.2, 0.25) is 10.0 Å². The number of aliphatic carboxylic acids is 1. The molecule has 2 rings (SSSR count). The van der Waals surface area contributed by atoms with Crippen molar-refractivity contribution in [3.05, 3.63) is 41.3 Å². The van der Waals surface area contributed by atoms with E-state index >= 15 is 0 Å². The van der Waals surface area contributed by atoms with E-state index in [1.54, 1.807) is 12.1 Å². The minimum Gasteiger partial charge on any atom is -0.481 e. The zero-order chi connectivity index (χ0) is 13.9. The Morgan fingerprint density at radius 1 is 1.32 bits per heavy atom. The van der Waals surface area contributed by atoms with Gasteiger partial charge in [-0.1, -0.05) is 30.3 Å². The molecule has 1 aromatic carbocycles. The molecule has 0 saturated carbocycles. The van der Waals surface area contributed by atoms with Gasteiger partial charge in [0.1, 0.15) is 0 Å². The molecular formula is C13H15NO4S. The fourth-order valence-corrected chi connectivity index (χ4v) is 3.22. The molecule has 0 bridgehead atoms. The Balaban J connectivity index is 2.08. The average Bonchev–Trinajstić information content (AvgIpc) is 2.88. The van der Waals surface area contributed by atoms with Crippen molar-refractivity contribution in [3.63, 3.8) is 0 Å². The zero-order valence-electron chi connectivity index (χ0n) is 10.3. The predicted molar refractivity (Wildman–Crippen MR) is 71.7 cm³/mol. The van der Waals surface area contributed by atoms with E-state index in [0.717, 1.165) is 11.0 Å². The van der Waals surface area contributed by atoms with E-state index in [-0.39, 0.29) is 13.1 Å². The van der Waals surface area contributed by atoms with E-state index in [9.17, 15) is 13.2 Å². The highest BCUT2D eigenvalue weighted by molar-refractivity contribution is 7.92. The summed E-state index contributed by atoms with van der Waals surface area (Å²) < 4.78 is 25.3. The van der Waals surface area contributed by atoms with Gasteiger partial charge < -0.3 is 5.11 Å². The normalized spacial score (nSPS) is 20.9. The quantitative estimate of drug-likeness (QED) is 0.905. The first-order valence-corrected chi connectivity index (χ1v) is 7.45. The number of hydrogen-bond acceptors (Lipinski definition) is 3. The third-order valence-corrected chi connectivity index (χ3v) is 4.62. The summed E-state index contributed by atoms with van der Waals surface area (Å²) in [4.78, 5) is 10.8. The fraction of sp³-hybridized carbons (Fsp3) is 0.308. The number of benzene rings is 1. The summed E-state index contributed by atoms with van der Waals surface area (Å²) in [6, 6.07) is 9.10. The topological polar surface area (TPSA) is 74.7 Å². The van der Waals surface area contributed by atoms with Gasteiger partial charge in [-0.15, -0.1) is 0 Å². The molecule has 0 aromatic heterocycles. The van der Waals surface area contributed by atoms with Crippen molar-refractivity contribution in [1.29, 1.82) is 0 Å². The summed E-state index contributed by atoms with van der Waals surface area (Å²) in [5.74, 6) is -1.54. The zero-order valence-corrected chi connectivity index (χ0v) is 11.1. The van der Waals surface area contributed by atoms with Crippen molar-refractivity contribution in [2.45, 2.75) is 6.42 Å². The number of carboxylic acid groups (broad SMARTS) is 1. The number of rotatable bonds is 4. The van der Waals surface area contributed by atoms with Crippen LogP contribution in [0.1, 0.15) is 12.0 Å². The molecule has 0 unspecified atom stereocenters. The van der Waals surface area contributed by atoms with Crippen LogP contribution in [-0.2, 0) is 14.8 Å². The molecule has 1 atom stereocenters. The van der Waals surface area contributed by atoms with Crippen LogP contribution < -0.4 is 0 Å². The maximum Gasteiger partial charge on any atom is 0.307 e. The summed E-state index contributed by atoms with van der Waals surface area (Å²) in [6.45, 7) is 0.315. The largest absolute Gasteiger partial charge is 0.481 e. The Labute approximate surface area is 112 Å². The number of nitrogens with zero attached hydrogens (tertiary/aromatic N) is 1. The lowest BCUT2D eigenvalue weighted by molar-refractivity contribution is -0.141. The molecule has 19 heavy (non-hydrogen) atoms. The van der Waals surface area contributed by atoms with E-state index in [1.165, 1.54) is 10.4 Å². The van der Waals surface area contributed by atoms with Crippen LogP contribution in [0.5, 0.6) is 0 Å². The highest BCUT2D eigenvalue weighted by Gasteiger charge is 2.33. The summed E-state index contributed by atoms with van der Waals surface area (Å²) in [7, 11) is -3.54. The SMILES string of the molecule is O=C(O)[C@@H]1CCN(S(=O)(=O)/C=C\c2ccccc2)C1. The molecule has 0 aliphatic carbocycles. The molecule has 0 radical (unpaired) electrons. The van der Waals surface area contributed by atoms with Crippen molar-refractivity contribution in [2.24, 2.45) is 5.92 Å². The molecule has 1 aliphatic heterocycles. The molecule has 102 valence electrons. The highest BCUT2D eigenvalue weighted by atomic mass is 32.2. The lowest BCUT2D eigenvalue weighted by atomic mass is 10.1. The van der Waals surface area contributed by atoms with Gasteiger partial charge in [-0.05, 0) is 18.1 Å². The number of carbonyl (C=O) groups is 1. The van der Waals surface area contributed by atoms with E-state index in [0.29, 0.717) is 6.42 Å². The lowest BCUT2D eigenvalue weighted by Crippen LogP contribution is -2.28. The minimum atomic E-state index is -3.54. The van der Waals surface area contributed by atoms with Gasteiger partial charge in [0.25, 0.3) is 0 Å². The molecule has 1 aliphatic rings. The van der Waals surface area contributed by atoms with Crippen LogP contribution in [0, 0.1) is 5.92 Å². The second-order valence-electron chi connectivity index (χ2n) is 4.44. The van der Waals surface area contributed by atoms with Crippen molar-refractivity contribution >= 4 is 22.1 Å². The summed E-state index contributed by atoms with van der Waals surface area (Å²) in [5.41, 5.74) is 0.792. The van der Waals surface area contributed by atoms with Crippen molar-refractivity contribution in [1.82, 2.24) is 4.31 Å². The molecular weight excluding hydrogens is 266 g/mol. The predicted octanol–water partition coefficient (Wildman–Crippen LogP) is 1.39. The van der Waals surface area contributed by atoms with Crippen LogP contribution in [0.3, 0.4) is 0 Å². The summed E-state index contributed by atoms with van der Waals surface area (Å²) in [6.07, 6.45) is 1.89. The molecule has 1 aromatic rings. The van der Waals surface area contributed by atoms with Gasteiger partial charge in [-0.25, -0.2) is 8.42 Å².